The van der Waals surface area contributed by atoms with Crippen LogP contribution in [-0.4, -0.2) is 32.6 Å². The summed E-state index contributed by atoms with van der Waals surface area (Å²) in [6.07, 6.45) is 0. The van der Waals surface area contributed by atoms with E-state index in [0.29, 0.717) is 15.8 Å². The molecule has 0 aliphatic carbocycles. The molecule has 7 nitrogen and oxygen atoms in total. The van der Waals surface area contributed by atoms with E-state index < -0.39 is 17.8 Å². The third-order valence-corrected chi connectivity index (χ3v) is 4.41. The van der Waals surface area contributed by atoms with E-state index in [4.69, 9.17) is 16.4 Å². The molecule has 0 unspecified atom stereocenters. The summed E-state index contributed by atoms with van der Waals surface area (Å²) in [5.74, 6) is -2.27. The van der Waals surface area contributed by atoms with Gasteiger partial charge in [0.05, 0.1) is 16.8 Å². The Hall–Kier alpha value is -3.45. The lowest BCUT2D eigenvalue weighted by atomic mass is 10.1. The van der Waals surface area contributed by atoms with E-state index in [1.54, 1.807) is 43.4 Å². The quantitative estimate of drug-likeness (QED) is 0.651. The Morgan fingerprint density at radius 2 is 1.59 bits per heavy atom. The van der Waals surface area contributed by atoms with Crippen molar-refractivity contribution >= 4 is 29.4 Å². The van der Waals surface area contributed by atoms with E-state index in [0.717, 1.165) is 5.56 Å². The van der Waals surface area contributed by atoms with Crippen molar-refractivity contribution in [3.05, 3.63) is 76.4 Å². The molecule has 2 heterocycles. The second-order valence-corrected chi connectivity index (χ2v) is 6.31. The lowest BCUT2D eigenvalue weighted by Gasteiger charge is -2.11. The summed E-state index contributed by atoms with van der Waals surface area (Å²) in [4.78, 5) is 42.0. The Morgan fingerprint density at radius 3 is 2.19 bits per heavy atom. The molecule has 0 bridgehead atoms. The number of carbonyl (C=O) groups is 3. The zero-order valence-electron chi connectivity index (χ0n) is 14.0. The molecule has 0 saturated heterocycles. The van der Waals surface area contributed by atoms with E-state index in [1.807, 2.05) is 0 Å². The molecule has 3 aromatic rings. The number of aromatic nitrogens is 2. The number of imide groups is 1. The summed E-state index contributed by atoms with van der Waals surface area (Å²) >= 11 is 5.89. The summed E-state index contributed by atoms with van der Waals surface area (Å²) in [5, 5.41) is 5.16. The van der Waals surface area contributed by atoms with Gasteiger partial charge in [0.25, 0.3) is 11.8 Å². The van der Waals surface area contributed by atoms with Crippen molar-refractivity contribution in [2.45, 2.75) is 0 Å². The smallest absolute Gasteiger partial charge is 0.322 e. The van der Waals surface area contributed by atoms with E-state index in [-0.39, 0.29) is 16.8 Å². The van der Waals surface area contributed by atoms with Gasteiger partial charge in [-0.15, -0.1) is 0 Å². The number of hydrogen-bond donors (Lipinski definition) is 0. The molecule has 0 saturated carbocycles. The van der Waals surface area contributed by atoms with Crippen LogP contribution in [0.25, 0.3) is 11.3 Å². The fourth-order valence-electron chi connectivity index (χ4n) is 2.84. The van der Waals surface area contributed by atoms with E-state index in [1.165, 1.54) is 22.9 Å². The first-order valence-corrected chi connectivity index (χ1v) is 8.33. The van der Waals surface area contributed by atoms with Crippen LogP contribution in [0.1, 0.15) is 31.2 Å². The Morgan fingerprint density at radius 1 is 1.00 bits per heavy atom. The van der Waals surface area contributed by atoms with Crippen LogP contribution in [0.3, 0.4) is 0 Å². The average molecular weight is 382 g/mol. The van der Waals surface area contributed by atoms with Gasteiger partial charge in [-0.2, -0.15) is 5.10 Å². The number of halogens is 1. The van der Waals surface area contributed by atoms with Crippen LogP contribution in [0.4, 0.5) is 0 Å². The highest BCUT2D eigenvalue weighted by molar-refractivity contribution is 6.30. The number of hydroxylamine groups is 2. The van der Waals surface area contributed by atoms with Crippen molar-refractivity contribution in [1.82, 2.24) is 14.8 Å². The zero-order chi connectivity index (χ0) is 19.1. The van der Waals surface area contributed by atoms with Gasteiger partial charge in [0.2, 0.25) is 0 Å². The molecular weight excluding hydrogens is 370 g/mol. The minimum atomic E-state index is -0.902. The number of benzene rings is 2. The van der Waals surface area contributed by atoms with Gasteiger partial charge >= 0.3 is 5.97 Å². The van der Waals surface area contributed by atoms with Gasteiger partial charge < -0.3 is 4.84 Å². The van der Waals surface area contributed by atoms with Crippen LogP contribution in [0.5, 0.6) is 0 Å². The zero-order valence-corrected chi connectivity index (χ0v) is 14.8. The van der Waals surface area contributed by atoms with E-state index in [9.17, 15) is 14.4 Å². The van der Waals surface area contributed by atoms with Crippen molar-refractivity contribution in [2.24, 2.45) is 7.05 Å². The van der Waals surface area contributed by atoms with Crippen LogP contribution in [0.2, 0.25) is 5.02 Å². The molecule has 27 heavy (non-hydrogen) atoms. The number of rotatable bonds is 3. The van der Waals surface area contributed by atoms with Crippen molar-refractivity contribution in [2.75, 3.05) is 0 Å². The molecule has 0 radical (unpaired) electrons. The Labute approximate surface area is 158 Å². The van der Waals surface area contributed by atoms with Crippen LogP contribution in [0, 0.1) is 0 Å². The van der Waals surface area contributed by atoms with Crippen molar-refractivity contribution in [1.29, 1.82) is 0 Å². The molecule has 1 aromatic heterocycles. The maximum atomic E-state index is 12.4. The summed E-state index contributed by atoms with van der Waals surface area (Å²) in [6.45, 7) is 0. The van der Waals surface area contributed by atoms with E-state index >= 15 is 0 Å². The monoisotopic (exact) mass is 381 g/mol. The van der Waals surface area contributed by atoms with Gasteiger partial charge in [0.15, 0.2) is 5.69 Å². The highest BCUT2D eigenvalue weighted by Crippen LogP contribution is 2.25. The molecular formula is C19H12ClN3O4. The van der Waals surface area contributed by atoms with Gasteiger partial charge in [-0.3, -0.25) is 14.3 Å². The Kier molecular flexibility index (Phi) is 4.01. The number of hydrogen-bond acceptors (Lipinski definition) is 5. The predicted molar refractivity (Wildman–Crippen MR) is 96.0 cm³/mol. The lowest BCUT2D eigenvalue weighted by molar-refractivity contribution is -0.0588. The Balaban J connectivity index is 1.58. The molecule has 1 aliphatic heterocycles. The van der Waals surface area contributed by atoms with Crippen LogP contribution < -0.4 is 0 Å². The molecule has 0 spiro atoms. The minimum Gasteiger partial charge on any atom is -0.322 e. The second kappa shape index (κ2) is 6.37. The summed E-state index contributed by atoms with van der Waals surface area (Å²) in [6, 6.07) is 14.8. The maximum Gasteiger partial charge on any atom is 0.384 e. The van der Waals surface area contributed by atoms with Crippen LogP contribution in [-0.2, 0) is 11.9 Å². The first kappa shape index (κ1) is 17.0. The third kappa shape index (κ3) is 2.88. The number of carbonyl (C=O) groups excluding carboxylic acids is 3. The molecule has 134 valence electrons. The average Bonchev–Trinajstić information content (AvgIpc) is 3.17. The van der Waals surface area contributed by atoms with Crippen LogP contribution in [0.15, 0.2) is 54.6 Å². The van der Waals surface area contributed by atoms with Crippen molar-refractivity contribution < 1.29 is 19.2 Å². The number of nitrogens with zero attached hydrogens (tertiary/aromatic N) is 3. The number of amides is 2. The molecule has 2 amide bonds. The molecule has 0 N–H and O–H groups in total. The van der Waals surface area contributed by atoms with Gasteiger partial charge in [-0.1, -0.05) is 40.9 Å². The maximum absolute atomic E-state index is 12.4. The number of fused-ring (bicyclic) bond motifs is 1. The van der Waals surface area contributed by atoms with Gasteiger partial charge in [-0.05, 0) is 35.9 Å². The summed E-state index contributed by atoms with van der Waals surface area (Å²) in [7, 11) is 1.67. The minimum absolute atomic E-state index is 0.0287. The molecule has 0 atom stereocenters. The van der Waals surface area contributed by atoms with Gasteiger partial charge in [0, 0.05) is 12.1 Å². The second-order valence-electron chi connectivity index (χ2n) is 5.87. The normalized spacial score (nSPS) is 13.0. The van der Waals surface area contributed by atoms with Crippen molar-refractivity contribution in [3.8, 4) is 11.3 Å². The molecule has 1 aliphatic rings. The number of aryl methyl sites for hydroxylation is 1. The first-order valence-electron chi connectivity index (χ1n) is 7.96. The lowest BCUT2D eigenvalue weighted by Crippen LogP contribution is -2.32. The molecule has 8 heteroatoms. The fourth-order valence-corrected chi connectivity index (χ4v) is 2.96. The third-order valence-electron chi connectivity index (χ3n) is 4.16. The fraction of sp³-hybridized carbons (Fsp3) is 0.0526. The topological polar surface area (TPSA) is 81.5 Å². The molecule has 4 rings (SSSR count). The van der Waals surface area contributed by atoms with Gasteiger partial charge in [0.1, 0.15) is 0 Å². The summed E-state index contributed by atoms with van der Waals surface area (Å²) < 4.78 is 1.50. The summed E-state index contributed by atoms with van der Waals surface area (Å²) in [5.41, 5.74) is 1.81. The van der Waals surface area contributed by atoms with Crippen LogP contribution >= 0.6 is 11.6 Å². The van der Waals surface area contributed by atoms with E-state index in [2.05, 4.69) is 5.10 Å². The standard InChI is InChI=1S/C19H12ClN3O4/c1-22-16(11-6-8-12(20)9-7-11)10-15(21-22)19(26)27-23-17(24)13-4-2-3-5-14(13)18(23)25/h2-10H,1H3. The molecule has 0 fully saturated rings. The molecule has 2 aromatic carbocycles. The highest BCUT2D eigenvalue weighted by atomic mass is 35.5. The Bertz CT molecular complexity index is 1050. The van der Waals surface area contributed by atoms with Crippen molar-refractivity contribution in [3.63, 3.8) is 0 Å². The SMILES string of the molecule is Cn1nc(C(=O)ON2C(=O)c3ccccc3C2=O)cc1-c1ccc(Cl)cc1. The first-order chi connectivity index (χ1) is 13.0. The largest absolute Gasteiger partial charge is 0.384 e. The predicted octanol–water partition coefficient (Wildman–Crippen LogP) is 3.11. The van der Waals surface area contributed by atoms with Gasteiger partial charge in [-0.25, -0.2) is 4.79 Å². The highest BCUT2D eigenvalue weighted by Gasteiger charge is 2.39.